The third kappa shape index (κ3) is 4.76. The second-order valence-electron chi connectivity index (χ2n) is 9.67. The minimum atomic E-state index is -0.976. The normalized spacial score (nSPS) is 24.1. The molecule has 2 aromatic heterocycles. The number of methoxy groups -OCH3 is 1. The highest BCUT2D eigenvalue weighted by Gasteiger charge is 2.57. The Kier molecular flexibility index (Phi) is 6.47. The van der Waals surface area contributed by atoms with Crippen molar-refractivity contribution >= 4 is 29.1 Å². The van der Waals surface area contributed by atoms with Crippen LogP contribution >= 0.6 is 11.3 Å². The molecule has 0 radical (unpaired) electrons. The number of allylic oxidation sites excluding steroid dienone is 1. The molecule has 1 saturated heterocycles. The first-order valence-corrected chi connectivity index (χ1v) is 12.0. The Morgan fingerprint density at radius 1 is 1.30 bits per heavy atom. The predicted molar refractivity (Wildman–Crippen MR) is 124 cm³/mol. The van der Waals surface area contributed by atoms with Gasteiger partial charge in [-0.3, -0.25) is 14.4 Å². The topological polar surface area (TPSA) is 88.8 Å². The van der Waals surface area contributed by atoms with Crippen LogP contribution < -0.4 is 5.32 Å². The van der Waals surface area contributed by atoms with Crippen LogP contribution in [0.2, 0.25) is 0 Å². The van der Waals surface area contributed by atoms with Crippen LogP contribution in [0, 0.1) is 16.7 Å². The Bertz CT molecular complexity index is 1040. The van der Waals surface area contributed by atoms with Crippen molar-refractivity contribution < 1.29 is 23.5 Å². The average molecular weight is 471 g/mol. The van der Waals surface area contributed by atoms with Gasteiger partial charge in [0.15, 0.2) is 0 Å². The van der Waals surface area contributed by atoms with E-state index in [2.05, 4.69) is 19.2 Å². The number of furan rings is 1. The van der Waals surface area contributed by atoms with Gasteiger partial charge in [-0.1, -0.05) is 26.0 Å². The molecule has 0 spiro atoms. The maximum atomic E-state index is 13.6. The summed E-state index contributed by atoms with van der Waals surface area (Å²) < 4.78 is 10.8. The number of hydrogen-bond acceptors (Lipinski definition) is 6. The Hall–Kier alpha value is -2.87. The first-order chi connectivity index (χ1) is 15.7. The van der Waals surface area contributed by atoms with E-state index in [9.17, 15) is 14.4 Å². The second-order valence-corrected chi connectivity index (χ2v) is 10.7. The molecule has 1 aliphatic carbocycles. The van der Waals surface area contributed by atoms with Crippen LogP contribution in [0.1, 0.15) is 50.2 Å². The van der Waals surface area contributed by atoms with E-state index < -0.39 is 11.3 Å². The zero-order chi connectivity index (χ0) is 23.6. The number of nitrogens with zero attached hydrogens (tertiary/aromatic N) is 1. The lowest BCUT2D eigenvalue weighted by molar-refractivity contribution is -0.162. The average Bonchev–Trinajstić information content (AvgIpc) is 3.48. The number of carbonyl (C=O) groups is 3. The highest BCUT2D eigenvalue weighted by Crippen LogP contribution is 2.55. The highest BCUT2D eigenvalue weighted by atomic mass is 32.1. The zero-order valence-electron chi connectivity index (χ0n) is 19.3. The van der Waals surface area contributed by atoms with Crippen molar-refractivity contribution in [2.24, 2.45) is 16.7 Å². The number of carbonyl (C=O) groups excluding carboxylic acids is 3. The minimum absolute atomic E-state index is 0.0192. The van der Waals surface area contributed by atoms with Crippen molar-refractivity contribution in [2.75, 3.05) is 7.11 Å². The number of hydrogen-bond donors (Lipinski definition) is 1. The number of piperidine rings is 1. The number of amides is 2. The van der Waals surface area contributed by atoms with Gasteiger partial charge in [0.2, 0.25) is 11.8 Å². The van der Waals surface area contributed by atoms with Gasteiger partial charge in [0, 0.05) is 22.9 Å². The number of nitrogens with one attached hydrogen (secondary N) is 1. The second kappa shape index (κ2) is 9.17. The molecular weight excluding hydrogens is 440 g/mol. The van der Waals surface area contributed by atoms with Crippen LogP contribution in [0.5, 0.6) is 0 Å². The fourth-order valence-corrected chi connectivity index (χ4v) is 5.82. The van der Waals surface area contributed by atoms with Gasteiger partial charge in [0.1, 0.15) is 11.2 Å². The third-order valence-corrected chi connectivity index (χ3v) is 7.44. The number of fused-ring (bicyclic) bond motifs is 1. The fraction of sp³-hybridized carbons (Fsp3) is 0.480. The summed E-state index contributed by atoms with van der Waals surface area (Å²) >= 11 is 1.57. The van der Waals surface area contributed by atoms with E-state index in [1.54, 1.807) is 34.6 Å². The molecular formula is C25H30N2O5S. The van der Waals surface area contributed by atoms with Gasteiger partial charge in [0.25, 0.3) is 0 Å². The fourth-order valence-electron chi connectivity index (χ4n) is 5.17. The van der Waals surface area contributed by atoms with Gasteiger partial charge < -0.3 is 19.4 Å². The predicted octanol–water partition coefficient (Wildman–Crippen LogP) is 4.26. The Labute approximate surface area is 197 Å². The molecule has 2 amide bonds. The monoisotopic (exact) mass is 470 g/mol. The van der Waals surface area contributed by atoms with Gasteiger partial charge in [0.05, 0.1) is 26.5 Å². The van der Waals surface area contributed by atoms with Crippen LogP contribution in [0.4, 0.5) is 0 Å². The van der Waals surface area contributed by atoms with Crippen LogP contribution in [0.3, 0.4) is 0 Å². The number of esters is 1. The zero-order valence-corrected chi connectivity index (χ0v) is 20.1. The lowest BCUT2D eigenvalue weighted by atomic mass is 9.59. The maximum absolute atomic E-state index is 13.6. The summed E-state index contributed by atoms with van der Waals surface area (Å²) in [5, 5.41) is 4.86. The Morgan fingerprint density at radius 3 is 2.79 bits per heavy atom. The van der Waals surface area contributed by atoms with E-state index in [4.69, 9.17) is 9.15 Å². The summed E-state index contributed by atoms with van der Waals surface area (Å²) in [7, 11) is 1.38. The molecule has 1 fully saturated rings. The molecule has 2 atom stereocenters. The molecule has 3 heterocycles. The minimum Gasteiger partial charge on any atom is -0.468 e. The van der Waals surface area contributed by atoms with Gasteiger partial charge in [-0.2, -0.15) is 0 Å². The molecule has 1 aliphatic heterocycles. The van der Waals surface area contributed by atoms with Crippen LogP contribution in [-0.4, -0.2) is 29.8 Å². The molecule has 4 rings (SSSR count). The van der Waals surface area contributed by atoms with Crippen LogP contribution in [0.15, 0.2) is 52.1 Å². The van der Waals surface area contributed by atoms with E-state index in [0.717, 1.165) is 11.3 Å². The van der Waals surface area contributed by atoms with Crippen LogP contribution in [0.25, 0.3) is 0 Å². The van der Waals surface area contributed by atoms with Crippen molar-refractivity contribution in [1.29, 1.82) is 0 Å². The lowest BCUT2D eigenvalue weighted by Gasteiger charge is -2.51. The van der Waals surface area contributed by atoms with Crippen molar-refractivity contribution in [1.82, 2.24) is 10.2 Å². The number of thiophene rings is 1. The van der Waals surface area contributed by atoms with Gasteiger partial charge in [-0.05, 0) is 48.3 Å². The molecule has 1 N–H and O–H groups in total. The molecule has 0 aromatic carbocycles. The number of likely N-dealkylation sites (tertiary alicyclic amines) is 1. The van der Waals surface area contributed by atoms with E-state index in [-0.39, 0.29) is 42.6 Å². The molecule has 0 saturated carbocycles. The maximum Gasteiger partial charge on any atom is 0.317 e. The van der Waals surface area contributed by atoms with Crippen molar-refractivity contribution in [2.45, 2.75) is 52.6 Å². The number of rotatable bonds is 7. The highest BCUT2D eigenvalue weighted by molar-refractivity contribution is 7.09. The Balaban J connectivity index is 1.64. The molecule has 176 valence electrons. The SMILES string of the molecule is COC(=O)[C@@]12C[C@@H](CC(=O)NCc3cccs3)C(=O)N(Cc3ccco3)C1=CCC(C)(C)C2. The summed E-state index contributed by atoms with van der Waals surface area (Å²) in [5.74, 6) is -0.739. The molecule has 33 heavy (non-hydrogen) atoms. The first kappa shape index (κ1) is 23.3. The van der Waals surface area contributed by atoms with Crippen molar-refractivity contribution in [3.8, 4) is 0 Å². The van der Waals surface area contributed by atoms with Gasteiger partial charge in [-0.25, -0.2) is 0 Å². The molecule has 2 aliphatic rings. The molecule has 7 nitrogen and oxygen atoms in total. The summed E-state index contributed by atoms with van der Waals surface area (Å²) in [6, 6.07) is 7.46. The summed E-state index contributed by atoms with van der Waals surface area (Å²) in [4.78, 5) is 42.3. The summed E-state index contributed by atoms with van der Waals surface area (Å²) in [6.07, 6.45) is 5.13. The molecule has 2 aromatic rings. The Morgan fingerprint density at radius 2 is 2.12 bits per heavy atom. The third-order valence-electron chi connectivity index (χ3n) is 6.56. The largest absolute Gasteiger partial charge is 0.468 e. The summed E-state index contributed by atoms with van der Waals surface area (Å²) in [6.45, 7) is 4.86. The van der Waals surface area contributed by atoms with Crippen LogP contribution in [-0.2, 0) is 32.2 Å². The summed E-state index contributed by atoms with van der Waals surface area (Å²) in [5.41, 5.74) is -0.443. The van der Waals surface area contributed by atoms with Gasteiger partial charge >= 0.3 is 5.97 Å². The van der Waals surface area contributed by atoms with E-state index in [1.165, 1.54) is 7.11 Å². The smallest absolute Gasteiger partial charge is 0.317 e. The number of ether oxygens (including phenoxy) is 1. The van der Waals surface area contributed by atoms with Crippen molar-refractivity contribution in [3.05, 3.63) is 58.3 Å². The quantitative estimate of drug-likeness (QED) is 0.611. The molecule has 8 heteroatoms. The van der Waals surface area contributed by atoms with E-state index in [0.29, 0.717) is 24.4 Å². The lowest BCUT2D eigenvalue weighted by Crippen LogP contribution is -2.55. The van der Waals surface area contributed by atoms with Gasteiger partial charge in [-0.15, -0.1) is 11.3 Å². The molecule has 0 bridgehead atoms. The van der Waals surface area contributed by atoms with E-state index in [1.807, 2.05) is 23.6 Å². The first-order valence-electron chi connectivity index (χ1n) is 11.2. The van der Waals surface area contributed by atoms with Crippen molar-refractivity contribution in [3.63, 3.8) is 0 Å². The van der Waals surface area contributed by atoms with E-state index >= 15 is 0 Å². The standard InChI is InChI=1S/C25H30N2O5S/c1-24(2)9-8-20-25(16-24,23(30)31-3)13-17(12-21(28)26-14-19-7-5-11-33-19)22(29)27(20)15-18-6-4-10-32-18/h4-8,10-11,17H,9,12-16H2,1-3H3,(H,26,28)/t17-,25-/m1/s1. The molecule has 0 unspecified atom stereocenters.